The number of hydrogen-bond donors (Lipinski definition) is 1. The Morgan fingerprint density at radius 2 is 1.78 bits per heavy atom. The molecule has 1 nitrogen and oxygen atoms in total. The van der Waals surface area contributed by atoms with Crippen LogP contribution in [0, 0.1) is 13.8 Å². The van der Waals surface area contributed by atoms with Gasteiger partial charge < -0.3 is 5.32 Å². The predicted molar refractivity (Wildman–Crippen MR) is 81.2 cm³/mol. The molecule has 0 saturated heterocycles. The minimum atomic E-state index is 0.691. The smallest absolute Gasteiger partial charge is 0.00701 e. The van der Waals surface area contributed by atoms with E-state index in [4.69, 9.17) is 0 Å². The Morgan fingerprint density at radius 3 is 2.39 bits per heavy atom. The van der Waals surface area contributed by atoms with E-state index in [-0.39, 0.29) is 0 Å². The second-order valence-electron chi connectivity index (χ2n) is 5.40. The Kier molecular flexibility index (Phi) is 7.04. The van der Waals surface area contributed by atoms with Crippen molar-refractivity contribution < 1.29 is 0 Å². The molecule has 102 valence electrons. The molecule has 0 radical (unpaired) electrons. The third kappa shape index (κ3) is 5.22. The zero-order chi connectivity index (χ0) is 13.4. The highest BCUT2D eigenvalue weighted by Gasteiger charge is 2.07. The van der Waals surface area contributed by atoms with Crippen LogP contribution < -0.4 is 5.32 Å². The lowest BCUT2D eigenvalue weighted by atomic mass is 9.99. The summed E-state index contributed by atoms with van der Waals surface area (Å²) in [6, 6.07) is 7.57. The van der Waals surface area contributed by atoms with Crippen molar-refractivity contribution in [2.24, 2.45) is 0 Å². The molecule has 0 aliphatic carbocycles. The lowest BCUT2D eigenvalue weighted by molar-refractivity contribution is 0.449. The van der Waals surface area contributed by atoms with Crippen molar-refractivity contribution in [3.63, 3.8) is 0 Å². The van der Waals surface area contributed by atoms with Crippen molar-refractivity contribution in [2.75, 3.05) is 6.54 Å². The van der Waals surface area contributed by atoms with E-state index in [1.54, 1.807) is 0 Å². The fraction of sp³-hybridized carbons (Fsp3) is 0.647. The molecule has 1 rings (SSSR count). The van der Waals surface area contributed by atoms with Gasteiger partial charge in [-0.1, -0.05) is 38.5 Å². The number of benzene rings is 1. The van der Waals surface area contributed by atoms with E-state index in [0.717, 1.165) is 6.54 Å². The Bertz CT molecular complexity index is 343. The minimum Gasteiger partial charge on any atom is -0.314 e. The van der Waals surface area contributed by atoms with Crippen LogP contribution in [0.2, 0.25) is 0 Å². The fourth-order valence-corrected chi connectivity index (χ4v) is 2.35. The molecule has 0 spiro atoms. The maximum atomic E-state index is 3.67. The van der Waals surface area contributed by atoms with Crippen molar-refractivity contribution in [1.82, 2.24) is 5.32 Å². The molecule has 1 atom stereocenters. The Morgan fingerprint density at radius 1 is 1.00 bits per heavy atom. The van der Waals surface area contributed by atoms with Gasteiger partial charge in [0, 0.05) is 6.04 Å². The highest BCUT2D eigenvalue weighted by atomic mass is 14.9. The summed E-state index contributed by atoms with van der Waals surface area (Å²) in [6.07, 6.45) is 6.25. The number of aryl methyl sites for hydroxylation is 3. The van der Waals surface area contributed by atoms with Crippen LogP contribution in [-0.2, 0) is 6.42 Å². The van der Waals surface area contributed by atoms with Crippen molar-refractivity contribution in [3.8, 4) is 0 Å². The van der Waals surface area contributed by atoms with Gasteiger partial charge in [-0.05, 0) is 62.8 Å². The van der Waals surface area contributed by atoms with Gasteiger partial charge in [0.25, 0.3) is 0 Å². The molecule has 0 bridgehead atoms. The molecule has 0 aromatic heterocycles. The summed E-state index contributed by atoms with van der Waals surface area (Å²) in [5, 5.41) is 3.67. The van der Waals surface area contributed by atoms with Crippen molar-refractivity contribution in [3.05, 3.63) is 34.9 Å². The van der Waals surface area contributed by atoms with Crippen LogP contribution in [0.3, 0.4) is 0 Å². The van der Waals surface area contributed by atoms with E-state index >= 15 is 0 Å². The van der Waals surface area contributed by atoms with E-state index in [2.05, 4.69) is 51.2 Å². The van der Waals surface area contributed by atoms with Gasteiger partial charge in [0.05, 0.1) is 0 Å². The molecular weight excluding hydrogens is 218 g/mol. The number of hydrogen-bond acceptors (Lipinski definition) is 1. The quantitative estimate of drug-likeness (QED) is 0.717. The average Bonchev–Trinajstić information content (AvgIpc) is 2.37. The highest BCUT2D eigenvalue weighted by Crippen LogP contribution is 2.13. The summed E-state index contributed by atoms with van der Waals surface area (Å²) in [4.78, 5) is 0. The van der Waals surface area contributed by atoms with E-state index in [1.807, 2.05) is 0 Å². The second-order valence-corrected chi connectivity index (χ2v) is 5.40. The summed E-state index contributed by atoms with van der Waals surface area (Å²) in [5.74, 6) is 0. The molecule has 0 heterocycles. The lowest BCUT2D eigenvalue weighted by Gasteiger charge is -2.18. The van der Waals surface area contributed by atoms with Gasteiger partial charge in [-0.3, -0.25) is 0 Å². The Labute approximate surface area is 113 Å². The van der Waals surface area contributed by atoms with Crippen LogP contribution in [0.15, 0.2) is 18.2 Å². The summed E-state index contributed by atoms with van der Waals surface area (Å²) < 4.78 is 0. The average molecular weight is 247 g/mol. The molecule has 1 aromatic carbocycles. The Balaban J connectivity index is 2.47. The lowest BCUT2D eigenvalue weighted by Crippen LogP contribution is -2.30. The van der Waals surface area contributed by atoms with E-state index in [1.165, 1.54) is 48.8 Å². The zero-order valence-corrected chi connectivity index (χ0v) is 12.6. The molecule has 1 aromatic rings. The van der Waals surface area contributed by atoms with Gasteiger partial charge in [-0.2, -0.15) is 0 Å². The number of nitrogens with one attached hydrogen (secondary N) is 1. The van der Waals surface area contributed by atoms with Gasteiger partial charge in [-0.25, -0.2) is 0 Å². The molecule has 1 N–H and O–H groups in total. The van der Waals surface area contributed by atoms with Crippen molar-refractivity contribution in [2.45, 2.75) is 65.8 Å². The number of rotatable bonds is 8. The molecule has 0 aliphatic heterocycles. The molecule has 18 heavy (non-hydrogen) atoms. The largest absolute Gasteiger partial charge is 0.314 e. The normalized spacial score (nSPS) is 12.7. The van der Waals surface area contributed by atoms with E-state index in [9.17, 15) is 0 Å². The minimum absolute atomic E-state index is 0.691. The SMILES string of the molecule is CCCNC(CCC)CCc1ccc(C)c(C)c1. The Hall–Kier alpha value is -0.820. The first-order valence-corrected chi connectivity index (χ1v) is 7.46. The molecule has 0 aliphatic rings. The van der Waals surface area contributed by atoms with Gasteiger partial charge in [0.15, 0.2) is 0 Å². The summed E-state index contributed by atoms with van der Waals surface area (Å²) in [6.45, 7) is 10.0. The second kappa shape index (κ2) is 8.31. The van der Waals surface area contributed by atoms with E-state index in [0.29, 0.717) is 6.04 Å². The third-order valence-corrected chi connectivity index (χ3v) is 3.67. The van der Waals surface area contributed by atoms with Crippen LogP contribution in [0.5, 0.6) is 0 Å². The first-order valence-electron chi connectivity index (χ1n) is 7.46. The van der Waals surface area contributed by atoms with Crippen LogP contribution in [0.25, 0.3) is 0 Å². The van der Waals surface area contributed by atoms with Gasteiger partial charge in [0.1, 0.15) is 0 Å². The standard InChI is InChI=1S/C17H29N/c1-5-7-17(18-12-6-2)11-10-16-9-8-14(3)15(4)13-16/h8-9,13,17-18H,5-7,10-12H2,1-4H3. The molecular formula is C17H29N. The summed E-state index contributed by atoms with van der Waals surface area (Å²) in [7, 11) is 0. The topological polar surface area (TPSA) is 12.0 Å². The first-order chi connectivity index (χ1) is 8.67. The first kappa shape index (κ1) is 15.2. The molecule has 1 heteroatoms. The van der Waals surface area contributed by atoms with E-state index < -0.39 is 0 Å². The fourth-order valence-electron chi connectivity index (χ4n) is 2.35. The zero-order valence-electron chi connectivity index (χ0n) is 12.6. The maximum absolute atomic E-state index is 3.67. The van der Waals surface area contributed by atoms with Crippen molar-refractivity contribution in [1.29, 1.82) is 0 Å². The van der Waals surface area contributed by atoms with Gasteiger partial charge >= 0.3 is 0 Å². The summed E-state index contributed by atoms with van der Waals surface area (Å²) >= 11 is 0. The van der Waals surface area contributed by atoms with Crippen molar-refractivity contribution >= 4 is 0 Å². The van der Waals surface area contributed by atoms with Gasteiger partial charge in [0.2, 0.25) is 0 Å². The monoisotopic (exact) mass is 247 g/mol. The van der Waals surface area contributed by atoms with Crippen LogP contribution in [0.1, 0.15) is 56.2 Å². The predicted octanol–water partition coefficient (Wildman–Crippen LogP) is 4.40. The van der Waals surface area contributed by atoms with Gasteiger partial charge in [-0.15, -0.1) is 0 Å². The summed E-state index contributed by atoms with van der Waals surface area (Å²) in [5.41, 5.74) is 4.30. The molecule has 0 amide bonds. The highest BCUT2D eigenvalue weighted by molar-refractivity contribution is 5.29. The maximum Gasteiger partial charge on any atom is 0.00701 e. The third-order valence-electron chi connectivity index (χ3n) is 3.67. The molecule has 1 unspecified atom stereocenters. The van der Waals surface area contributed by atoms with Crippen LogP contribution in [-0.4, -0.2) is 12.6 Å². The molecule has 0 fully saturated rings. The van der Waals surface area contributed by atoms with Crippen LogP contribution in [0.4, 0.5) is 0 Å². The van der Waals surface area contributed by atoms with Crippen LogP contribution >= 0.6 is 0 Å². The molecule has 0 saturated carbocycles.